The molecule has 0 bridgehead atoms. The van der Waals surface area contributed by atoms with Crippen molar-refractivity contribution >= 4 is 23.6 Å². The van der Waals surface area contributed by atoms with Gasteiger partial charge in [0, 0.05) is 6.08 Å². The lowest BCUT2D eigenvalue weighted by Crippen LogP contribution is -2.00. The molecular weight excluding hydrogens is 305 g/mol. The third-order valence-corrected chi connectivity index (χ3v) is 3.08. The Hall–Kier alpha value is -2.64. The first-order valence-corrected chi connectivity index (χ1v) is 6.75. The van der Waals surface area contributed by atoms with E-state index in [1.807, 2.05) is 6.07 Å². The molecule has 0 aliphatic carbocycles. The van der Waals surface area contributed by atoms with Gasteiger partial charge in [-0.15, -0.1) is 0 Å². The quantitative estimate of drug-likeness (QED) is 0.630. The van der Waals surface area contributed by atoms with E-state index >= 15 is 0 Å². The molecule has 0 amide bonds. The third kappa shape index (κ3) is 4.44. The van der Waals surface area contributed by atoms with Gasteiger partial charge in [0.1, 0.15) is 12.4 Å². The minimum absolute atomic E-state index is 0.0103. The van der Waals surface area contributed by atoms with Crippen LogP contribution in [0.2, 0.25) is 5.02 Å². The highest BCUT2D eigenvalue weighted by atomic mass is 35.5. The molecule has 0 aliphatic heterocycles. The molecule has 5 heteroatoms. The largest absolute Gasteiger partial charge is 0.458 e. The smallest absolute Gasteiger partial charge is 0.331 e. The average Bonchev–Trinajstić information content (AvgIpc) is 2.54. The Balaban J connectivity index is 1.93. The molecule has 2 rings (SSSR count). The summed E-state index contributed by atoms with van der Waals surface area (Å²) in [6.45, 7) is 0.0723. The predicted octanol–water partition coefficient (Wildman–Crippen LogP) is 4.11. The molecule has 0 saturated heterocycles. The number of carbonyl (C=O) groups is 1. The number of ether oxygens (including phenoxy) is 1. The maximum atomic E-state index is 13.0. The summed E-state index contributed by atoms with van der Waals surface area (Å²) in [4.78, 5) is 11.6. The van der Waals surface area contributed by atoms with Crippen LogP contribution in [0.25, 0.3) is 6.08 Å². The van der Waals surface area contributed by atoms with Crippen LogP contribution in [0.15, 0.2) is 48.5 Å². The fourth-order valence-corrected chi connectivity index (χ4v) is 1.90. The number of rotatable bonds is 4. The van der Waals surface area contributed by atoms with Crippen LogP contribution in [0, 0.1) is 17.1 Å². The van der Waals surface area contributed by atoms with Gasteiger partial charge >= 0.3 is 5.97 Å². The lowest BCUT2D eigenvalue weighted by atomic mass is 10.1. The fraction of sp³-hybridized carbons (Fsp3) is 0.0588. The van der Waals surface area contributed by atoms with Crippen LogP contribution in [0.1, 0.15) is 16.7 Å². The number of hydrogen-bond acceptors (Lipinski definition) is 3. The molecule has 0 unspecified atom stereocenters. The molecule has 0 atom stereocenters. The zero-order valence-corrected chi connectivity index (χ0v) is 12.2. The first kappa shape index (κ1) is 15.7. The number of halogens is 2. The number of nitriles is 1. The van der Waals surface area contributed by atoms with Crippen LogP contribution in [0.5, 0.6) is 0 Å². The van der Waals surface area contributed by atoms with Crippen LogP contribution >= 0.6 is 11.6 Å². The van der Waals surface area contributed by atoms with Crippen LogP contribution in [0.4, 0.5) is 4.39 Å². The third-order valence-electron chi connectivity index (χ3n) is 2.79. The van der Waals surface area contributed by atoms with E-state index in [0.717, 1.165) is 5.56 Å². The Morgan fingerprint density at radius 1 is 1.32 bits per heavy atom. The minimum Gasteiger partial charge on any atom is -0.458 e. The van der Waals surface area contributed by atoms with Gasteiger partial charge in [0.05, 0.1) is 16.7 Å². The maximum absolute atomic E-state index is 13.0. The average molecular weight is 316 g/mol. The van der Waals surface area contributed by atoms with E-state index in [2.05, 4.69) is 0 Å². The molecule has 110 valence electrons. The van der Waals surface area contributed by atoms with Crippen LogP contribution in [-0.2, 0) is 16.1 Å². The van der Waals surface area contributed by atoms with Gasteiger partial charge in [-0.25, -0.2) is 9.18 Å². The first-order valence-electron chi connectivity index (χ1n) is 6.37. The molecule has 0 aliphatic rings. The first-order chi connectivity index (χ1) is 10.6. The summed E-state index contributed by atoms with van der Waals surface area (Å²) >= 11 is 5.65. The van der Waals surface area contributed by atoms with E-state index in [1.165, 1.54) is 30.4 Å². The molecule has 2 aromatic rings. The molecule has 0 fully saturated rings. The lowest BCUT2D eigenvalue weighted by molar-refractivity contribution is -0.138. The SMILES string of the molecule is N#Cc1cccc(COC(=O)/C=C/c2ccc(F)c(Cl)c2)c1. The molecule has 22 heavy (non-hydrogen) atoms. The predicted molar refractivity (Wildman–Crippen MR) is 81.4 cm³/mol. The van der Waals surface area contributed by atoms with E-state index in [0.29, 0.717) is 11.1 Å². The van der Waals surface area contributed by atoms with E-state index in [4.69, 9.17) is 21.6 Å². The summed E-state index contributed by atoms with van der Waals surface area (Å²) in [6, 6.07) is 13.0. The van der Waals surface area contributed by atoms with Crippen molar-refractivity contribution in [2.24, 2.45) is 0 Å². The topological polar surface area (TPSA) is 50.1 Å². The Morgan fingerprint density at radius 3 is 2.86 bits per heavy atom. The van der Waals surface area contributed by atoms with Crippen LogP contribution in [-0.4, -0.2) is 5.97 Å². The second kappa shape index (κ2) is 7.39. The van der Waals surface area contributed by atoms with Crippen molar-refractivity contribution in [3.63, 3.8) is 0 Å². The Labute approximate surface area is 132 Å². The molecule has 0 radical (unpaired) electrons. The molecule has 0 N–H and O–H groups in total. The summed E-state index contributed by atoms with van der Waals surface area (Å²) in [6.07, 6.45) is 2.72. The Bertz CT molecular complexity index is 765. The van der Waals surface area contributed by atoms with Gasteiger partial charge in [0.25, 0.3) is 0 Å². The summed E-state index contributed by atoms with van der Waals surface area (Å²) in [5.74, 6) is -1.05. The summed E-state index contributed by atoms with van der Waals surface area (Å²) < 4.78 is 18.1. The highest BCUT2D eigenvalue weighted by Gasteiger charge is 2.02. The molecule has 3 nitrogen and oxygen atoms in total. The fourth-order valence-electron chi connectivity index (χ4n) is 1.71. The van der Waals surface area contributed by atoms with E-state index < -0.39 is 11.8 Å². The number of nitrogens with zero attached hydrogens (tertiary/aromatic N) is 1. The maximum Gasteiger partial charge on any atom is 0.331 e. The monoisotopic (exact) mass is 315 g/mol. The number of benzene rings is 2. The van der Waals surface area contributed by atoms with Crippen molar-refractivity contribution < 1.29 is 13.9 Å². The number of hydrogen-bond donors (Lipinski definition) is 0. The van der Waals surface area contributed by atoms with Gasteiger partial charge in [0.2, 0.25) is 0 Å². The summed E-state index contributed by atoms with van der Waals surface area (Å²) in [5.41, 5.74) is 1.82. The molecule has 0 spiro atoms. The standard InChI is InChI=1S/C17H11ClFNO2/c18-15-9-12(4-6-16(15)19)5-7-17(21)22-11-14-3-1-2-13(8-14)10-20/h1-9H,11H2/b7-5+. The number of esters is 1. The Kier molecular flexibility index (Phi) is 5.29. The van der Waals surface area contributed by atoms with Crippen molar-refractivity contribution in [2.75, 3.05) is 0 Å². The molecule has 0 heterocycles. The van der Waals surface area contributed by atoms with E-state index in [1.54, 1.807) is 24.3 Å². The lowest BCUT2D eigenvalue weighted by Gasteiger charge is -2.02. The minimum atomic E-state index is -0.539. The normalized spacial score (nSPS) is 10.4. The van der Waals surface area contributed by atoms with Gasteiger partial charge in [-0.1, -0.05) is 29.8 Å². The molecular formula is C17H11ClFNO2. The van der Waals surface area contributed by atoms with Crippen molar-refractivity contribution in [3.8, 4) is 6.07 Å². The van der Waals surface area contributed by atoms with Crippen LogP contribution < -0.4 is 0 Å². The second-order valence-electron chi connectivity index (χ2n) is 4.43. The highest BCUT2D eigenvalue weighted by molar-refractivity contribution is 6.30. The molecule has 0 aromatic heterocycles. The van der Waals surface area contributed by atoms with Crippen molar-refractivity contribution in [3.05, 3.63) is 76.1 Å². The van der Waals surface area contributed by atoms with Crippen molar-refractivity contribution in [1.29, 1.82) is 5.26 Å². The molecule has 0 saturated carbocycles. The van der Waals surface area contributed by atoms with Gasteiger partial charge in [-0.2, -0.15) is 5.26 Å². The van der Waals surface area contributed by atoms with E-state index in [-0.39, 0.29) is 11.6 Å². The Morgan fingerprint density at radius 2 is 2.14 bits per heavy atom. The van der Waals surface area contributed by atoms with Crippen molar-refractivity contribution in [2.45, 2.75) is 6.61 Å². The van der Waals surface area contributed by atoms with Crippen molar-refractivity contribution in [1.82, 2.24) is 0 Å². The van der Waals surface area contributed by atoms with Crippen LogP contribution in [0.3, 0.4) is 0 Å². The summed E-state index contributed by atoms with van der Waals surface area (Å²) in [7, 11) is 0. The van der Waals surface area contributed by atoms with E-state index in [9.17, 15) is 9.18 Å². The van der Waals surface area contributed by atoms with Gasteiger partial charge < -0.3 is 4.74 Å². The summed E-state index contributed by atoms with van der Waals surface area (Å²) in [5, 5.41) is 8.77. The molecule has 2 aromatic carbocycles. The second-order valence-corrected chi connectivity index (χ2v) is 4.83. The number of carbonyl (C=O) groups excluding carboxylic acids is 1. The zero-order valence-electron chi connectivity index (χ0n) is 11.4. The van der Waals surface area contributed by atoms with Gasteiger partial charge in [0.15, 0.2) is 0 Å². The zero-order chi connectivity index (χ0) is 15.9. The highest BCUT2D eigenvalue weighted by Crippen LogP contribution is 2.17. The van der Waals surface area contributed by atoms with Gasteiger partial charge in [-0.05, 0) is 41.5 Å². The van der Waals surface area contributed by atoms with Gasteiger partial charge in [-0.3, -0.25) is 0 Å².